The van der Waals surface area contributed by atoms with Crippen molar-refractivity contribution < 1.29 is 0 Å². The van der Waals surface area contributed by atoms with Crippen LogP contribution in [-0.2, 0) is 6.54 Å². The maximum absolute atomic E-state index is 8.95. The molecule has 1 aromatic heterocycles. The van der Waals surface area contributed by atoms with Crippen LogP contribution in [-0.4, -0.2) is 16.1 Å². The Morgan fingerprint density at radius 1 is 1.32 bits per heavy atom. The number of hydrogen-bond donors (Lipinski definition) is 1. The maximum Gasteiger partial charge on any atom is 0.217 e. The third kappa shape index (κ3) is 3.43. The monoisotopic (exact) mass is 254 g/mol. The molecule has 0 aliphatic carbocycles. The molecule has 0 unspecified atom stereocenters. The smallest absolute Gasteiger partial charge is 0.217 e. The highest BCUT2D eigenvalue weighted by Crippen LogP contribution is 2.11. The topological polar surface area (TPSA) is 53.6 Å². The molecule has 0 bridgehead atoms. The lowest BCUT2D eigenvalue weighted by atomic mass is 10.2. The Labute approximate surface area is 113 Å². The van der Waals surface area contributed by atoms with Crippen LogP contribution >= 0.6 is 0 Å². The van der Waals surface area contributed by atoms with Gasteiger partial charge >= 0.3 is 0 Å². The molecule has 4 heteroatoms. The number of imidazole rings is 1. The molecule has 2 aromatic rings. The van der Waals surface area contributed by atoms with Crippen molar-refractivity contribution in [2.75, 3.05) is 6.54 Å². The molecule has 0 saturated carbocycles. The number of hydrogen-bond acceptors (Lipinski definition) is 3. The van der Waals surface area contributed by atoms with Gasteiger partial charge in [0.15, 0.2) is 0 Å². The zero-order valence-corrected chi connectivity index (χ0v) is 11.3. The van der Waals surface area contributed by atoms with E-state index in [1.807, 2.05) is 12.1 Å². The van der Waals surface area contributed by atoms with Gasteiger partial charge < -0.3 is 5.32 Å². The molecule has 2 rings (SSSR count). The van der Waals surface area contributed by atoms with Crippen LogP contribution in [0.5, 0.6) is 0 Å². The van der Waals surface area contributed by atoms with Crippen molar-refractivity contribution in [1.29, 1.82) is 5.26 Å². The summed E-state index contributed by atoms with van der Waals surface area (Å²) < 4.78 is 1.78. The maximum atomic E-state index is 8.95. The fourth-order valence-corrected chi connectivity index (χ4v) is 1.87. The molecule has 0 amide bonds. The van der Waals surface area contributed by atoms with Crippen LogP contribution in [0.4, 0.5) is 0 Å². The van der Waals surface area contributed by atoms with Crippen molar-refractivity contribution >= 4 is 0 Å². The lowest BCUT2D eigenvalue weighted by Gasteiger charge is -2.08. The van der Waals surface area contributed by atoms with Gasteiger partial charge in [0.25, 0.3) is 0 Å². The van der Waals surface area contributed by atoms with Crippen molar-refractivity contribution in [3.63, 3.8) is 0 Å². The van der Waals surface area contributed by atoms with Gasteiger partial charge in [-0.1, -0.05) is 26.0 Å². The summed E-state index contributed by atoms with van der Waals surface area (Å²) in [7, 11) is 0. The fourth-order valence-electron chi connectivity index (χ4n) is 1.87. The first-order valence-corrected chi connectivity index (χ1v) is 6.44. The van der Waals surface area contributed by atoms with E-state index in [-0.39, 0.29) is 0 Å². The summed E-state index contributed by atoms with van der Waals surface area (Å²) in [5.74, 6) is 1.06. The molecule has 1 heterocycles. The molecule has 0 aliphatic rings. The number of benzene rings is 1. The summed E-state index contributed by atoms with van der Waals surface area (Å²) in [6, 6.07) is 10.2. The predicted molar refractivity (Wildman–Crippen MR) is 74.8 cm³/mol. The van der Waals surface area contributed by atoms with Gasteiger partial charge in [0.1, 0.15) is 6.07 Å². The minimum Gasteiger partial charge on any atom is -0.312 e. The Morgan fingerprint density at radius 3 is 2.68 bits per heavy atom. The van der Waals surface area contributed by atoms with Gasteiger partial charge in [0, 0.05) is 24.6 Å². The summed E-state index contributed by atoms with van der Waals surface area (Å²) >= 11 is 0. The summed E-state index contributed by atoms with van der Waals surface area (Å²) in [4.78, 5) is 3.99. The third-order valence-corrected chi connectivity index (χ3v) is 2.84. The van der Waals surface area contributed by atoms with Gasteiger partial charge in [-0.15, -0.1) is 0 Å². The van der Waals surface area contributed by atoms with Crippen molar-refractivity contribution in [3.05, 3.63) is 48.0 Å². The van der Waals surface area contributed by atoms with Crippen LogP contribution in [0.3, 0.4) is 0 Å². The van der Waals surface area contributed by atoms with Crippen LogP contribution in [0, 0.1) is 17.2 Å². The third-order valence-electron chi connectivity index (χ3n) is 2.84. The Morgan fingerprint density at radius 2 is 2.05 bits per heavy atom. The lowest BCUT2D eigenvalue weighted by Crippen LogP contribution is -2.18. The molecule has 0 spiro atoms. The van der Waals surface area contributed by atoms with E-state index in [1.54, 1.807) is 17.0 Å². The minimum atomic E-state index is 0.408. The number of nitriles is 1. The molecule has 0 radical (unpaired) electrons. The highest BCUT2D eigenvalue weighted by atomic mass is 15.1. The molecule has 1 N–H and O–H groups in total. The van der Waals surface area contributed by atoms with E-state index in [0.29, 0.717) is 11.7 Å². The quantitative estimate of drug-likeness (QED) is 0.892. The van der Waals surface area contributed by atoms with E-state index in [9.17, 15) is 0 Å². The Bertz CT molecular complexity index is 561. The average Bonchev–Trinajstić information content (AvgIpc) is 2.87. The van der Waals surface area contributed by atoms with E-state index in [0.717, 1.165) is 18.8 Å². The SMILES string of the molecule is CC(C)CNCc1ccc(-n2ccnc2C#N)cc1. The van der Waals surface area contributed by atoms with Crippen molar-refractivity contribution in [1.82, 2.24) is 14.9 Å². The Balaban J connectivity index is 2.05. The number of aromatic nitrogens is 2. The van der Waals surface area contributed by atoms with Crippen LogP contribution in [0.15, 0.2) is 36.7 Å². The van der Waals surface area contributed by atoms with E-state index in [1.165, 1.54) is 5.56 Å². The second-order valence-electron chi connectivity index (χ2n) is 4.92. The molecule has 0 saturated heterocycles. The number of nitrogens with zero attached hydrogens (tertiary/aromatic N) is 3. The van der Waals surface area contributed by atoms with Gasteiger partial charge in [-0.3, -0.25) is 4.57 Å². The standard InChI is InChI=1S/C15H18N4/c1-12(2)10-17-11-13-3-5-14(6-4-13)19-8-7-18-15(19)9-16/h3-8,12,17H,10-11H2,1-2H3. The lowest BCUT2D eigenvalue weighted by molar-refractivity contribution is 0.552. The summed E-state index contributed by atoms with van der Waals surface area (Å²) in [6.45, 7) is 6.27. The first kappa shape index (κ1) is 13.3. The van der Waals surface area contributed by atoms with Gasteiger partial charge in [0.2, 0.25) is 5.82 Å². The summed E-state index contributed by atoms with van der Waals surface area (Å²) in [6.07, 6.45) is 3.43. The van der Waals surface area contributed by atoms with Crippen LogP contribution in [0.1, 0.15) is 25.2 Å². The molecule has 1 aromatic carbocycles. The second kappa shape index (κ2) is 6.17. The van der Waals surface area contributed by atoms with Crippen LogP contribution in [0.2, 0.25) is 0 Å². The Kier molecular flexibility index (Phi) is 4.32. The zero-order valence-electron chi connectivity index (χ0n) is 11.3. The van der Waals surface area contributed by atoms with E-state index in [2.05, 4.69) is 42.4 Å². The minimum absolute atomic E-state index is 0.408. The van der Waals surface area contributed by atoms with Gasteiger partial charge in [-0.2, -0.15) is 5.26 Å². The van der Waals surface area contributed by atoms with E-state index >= 15 is 0 Å². The first-order chi connectivity index (χ1) is 9.20. The van der Waals surface area contributed by atoms with Crippen molar-refractivity contribution in [2.45, 2.75) is 20.4 Å². The van der Waals surface area contributed by atoms with Gasteiger partial charge in [-0.05, 0) is 30.2 Å². The average molecular weight is 254 g/mol. The van der Waals surface area contributed by atoms with Crippen LogP contribution < -0.4 is 5.32 Å². The largest absolute Gasteiger partial charge is 0.312 e. The summed E-state index contributed by atoms with van der Waals surface area (Å²) in [5, 5.41) is 12.4. The van der Waals surface area contributed by atoms with Crippen molar-refractivity contribution in [2.24, 2.45) is 5.92 Å². The molecule has 4 nitrogen and oxygen atoms in total. The highest BCUT2D eigenvalue weighted by Gasteiger charge is 2.03. The van der Waals surface area contributed by atoms with Gasteiger partial charge in [-0.25, -0.2) is 4.98 Å². The molecule has 0 fully saturated rings. The molecular weight excluding hydrogens is 236 g/mol. The number of nitrogens with one attached hydrogen (secondary N) is 1. The number of rotatable bonds is 5. The molecule has 98 valence electrons. The molecule has 0 aliphatic heterocycles. The molecule has 0 atom stereocenters. The first-order valence-electron chi connectivity index (χ1n) is 6.44. The van der Waals surface area contributed by atoms with E-state index < -0.39 is 0 Å². The van der Waals surface area contributed by atoms with Gasteiger partial charge in [0.05, 0.1) is 0 Å². The highest BCUT2D eigenvalue weighted by molar-refractivity contribution is 5.37. The fraction of sp³-hybridized carbons (Fsp3) is 0.333. The normalized spacial score (nSPS) is 10.6. The summed E-state index contributed by atoms with van der Waals surface area (Å²) in [5.41, 5.74) is 2.20. The molecule has 19 heavy (non-hydrogen) atoms. The van der Waals surface area contributed by atoms with Crippen molar-refractivity contribution in [3.8, 4) is 11.8 Å². The Hall–Kier alpha value is -2.12. The second-order valence-corrected chi connectivity index (χ2v) is 4.92. The predicted octanol–water partition coefficient (Wildman–Crippen LogP) is 2.49. The molecular formula is C15H18N4. The zero-order chi connectivity index (χ0) is 13.7. The van der Waals surface area contributed by atoms with E-state index in [4.69, 9.17) is 5.26 Å². The van der Waals surface area contributed by atoms with Crippen LogP contribution in [0.25, 0.3) is 5.69 Å².